The molecule has 9 nitrogen and oxygen atoms in total. The molecule has 1 amide bonds. The molecule has 2 N–H and O–H groups in total. The van der Waals surface area contributed by atoms with Crippen molar-refractivity contribution in [1.82, 2.24) is 19.2 Å². The van der Waals surface area contributed by atoms with Crippen molar-refractivity contribution in [2.45, 2.75) is 13.5 Å². The van der Waals surface area contributed by atoms with Crippen LogP contribution in [0.5, 0.6) is 0 Å². The van der Waals surface area contributed by atoms with Crippen molar-refractivity contribution in [2.24, 2.45) is 5.73 Å². The molecule has 3 aromatic rings. The Labute approximate surface area is 129 Å². The van der Waals surface area contributed by atoms with Crippen molar-refractivity contribution in [3.8, 4) is 0 Å². The second-order valence-corrected chi connectivity index (χ2v) is 4.79. The highest BCUT2D eigenvalue weighted by atomic mass is 16.5. The summed E-state index contributed by atoms with van der Waals surface area (Å²) in [6.45, 7) is 1.72. The Hall–Kier alpha value is -3.23. The molecule has 0 saturated heterocycles. The summed E-state index contributed by atoms with van der Waals surface area (Å²) in [6.07, 6.45) is 4.13. The Bertz CT molecular complexity index is 988. The number of aromatic nitrogens is 4. The van der Waals surface area contributed by atoms with Crippen LogP contribution in [0.15, 0.2) is 29.5 Å². The number of nitrogens with zero attached hydrogens (tertiary/aromatic N) is 4. The van der Waals surface area contributed by atoms with E-state index in [2.05, 4.69) is 10.1 Å². The van der Waals surface area contributed by atoms with Crippen molar-refractivity contribution in [3.63, 3.8) is 0 Å². The zero-order valence-electron chi connectivity index (χ0n) is 12.2. The molecule has 0 aliphatic rings. The normalized spacial score (nSPS) is 11.0. The van der Waals surface area contributed by atoms with E-state index in [4.69, 9.17) is 10.5 Å². The summed E-state index contributed by atoms with van der Waals surface area (Å²) < 4.78 is 7.52. The van der Waals surface area contributed by atoms with E-state index in [9.17, 15) is 14.4 Å². The third-order valence-corrected chi connectivity index (χ3v) is 3.29. The summed E-state index contributed by atoms with van der Waals surface area (Å²) >= 11 is 0. The topological polar surface area (TPSA) is 122 Å². The van der Waals surface area contributed by atoms with Crippen LogP contribution in [0.4, 0.5) is 0 Å². The number of nitrogens with two attached hydrogens (primary N) is 1. The monoisotopic (exact) mass is 315 g/mol. The van der Waals surface area contributed by atoms with Crippen molar-refractivity contribution in [3.05, 3.63) is 40.6 Å². The van der Waals surface area contributed by atoms with Gasteiger partial charge in [0.1, 0.15) is 12.1 Å². The zero-order valence-corrected chi connectivity index (χ0v) is 12.2. The molecule has 0 bridgehead atoms. The Morgan fingerprint density at radius 3 is 2.83 bits per heavy atom. The van der Waals surface area contributed by atoms with E-state index in [-0.39, 0.29) is 24.1 Å². The number of esters is 1. The van der Waals surface area contributed by atoms with Gasteiger partial charge in [-0.25, -0.2) is 14.3 Å². The molecule has 3 rings (SSSR count). The molecule has 0 aliphatic heterocycles. The minimum atomic E-state index is -0.621. The van der Waals surface area contributed by atoms with Gasteiger partial charge in [-0.3, -0.25) is 9.59 Å². The van der Waals surface area contributed by atoms with E-state index < -0.39 is 17.4 Å². The number of fused-ring (bicyclic) bond motifs is 3. The summed E-state index contributed by atoms with van der Waals surface area (Å²) in [5.74, 6) is -1.15. The van der Waals surface area contributed by atoms with Gasteiger partial charge in [0.15, 0.2) is 5.65 Å². The van der Waals surface area contributed by atoms with Crippen LogP contribution in [-0.4, -0.2) is 37.6 Å². The standard InChI is InChI=1S/C14H13N5O4/c1-2-23-14(22)9-6-17-19-10-3-4-18(7-11(15)20)13(21)8(10)5-16-12(9)19/h3-6H,2,7H2,1H3,(H2,15,20). The fraction of sp³-hybridized carbons (Fsp3) is 0.214. The Morgan fingerprint density at radius 2 is 2.13 bits per heavy atom. The summed E-state index contributed by atoms with van der Waals surface area (Å²) in [5, 5.41) is 4.36. The van der Waals surface area contributed by atoms with E-state index in [0.29, 0.717) is 11.2 Å². The zero-order chi connectivity index (χ0) is 16.6. The van der Waals surface area contributed by atoms with Crippen molar-refractivity contribution in [2.75, 3.05) is 6.61 Å². The predicted octanol–water partition coefficient (Wildman–Crippen LogP) is -0.294. The molecule has 9 heteroatoms. The van der Waals surface area contributed by atoms with Crippen LogP contribution in [0, 0.1) is 0 Å². The fourth-order valence-electron chi connectivity index (χ4n) is 2.30. The average molecular weight is 315 g/mol. The number of primary amides is 1. The molecule has 3 aromatic heterocycles. The quantitative estimate of drug-likeness (QED) is 0.660. The van der Waals surface area contributed by atoms with Gasteiger partial charge in [-0.15, -0.1) is 0 Å². The van der Waals surface area contributed by atoms with E-state index >= 15 is 0 Å². The van der Waals surface area contributed by atoms with Gasteiger partial charge in [0.25, 0.3) is 5.56 Å². The molecule has 0 fully saturated rings. The Kier molecular flexibility index (Phi) is 3.53. The van der Waals surface area contributed by atoms with Crippen molar-refractivity contribution < 1.29 is 14.3 Å². The number of pyridine rings is 1. The molecule has 0 spiro atoms. The number of carbonyl (C=O) groups is 2. The van der Waals surface area contributed by atoms with Gasteiger partial charge in [0.05, 0.1) is 23.7 Å². The molecule has 118 valence electrons. The van der Waals surface area contributed by atoms with Crippen LogP contribution in [0.25, 0.3) is 16.6 Å². The second-order valence-electron chi connectivity index (χ2n) is 4.79. The SMILES string of the molecule is CCOC(=O)c1cnn2c1ncc1c(=O)n(CC(N)=O)ccc12. The predicted molar refractivity (Wildman–Crippen MR) is 79.9 cm³/mol. The average Bonchev–Trinajstić information content (AvgIpc) is 2.94. The van der Waals surface area contributed by atoms with Crippen LogP contribution in [0.3, 0.4) is 0 Å². The fourth-order valence-corrected chi connectivity index (χ4v) is 2.30. The summed E-state index contributed by atoms with van der Waals surface area (Å²) in [6, 6.07) is 1.61. The number of ether oxygens (including phenoxy) is 1. The lowest BCUT2D eigenvalue weighted by Gasteiger charge is -2.06. The third kappa shape index (κ3) is 2.41. The molecular weight excluding hydrogens is 302 g/mol. The van der Waals surface area contributed by atoms with Crippen LogP contribution in [-0.2, 0) is 16.1 Å². The first-order valence-corrected chi connectivity index (χ1v) is 6.84. The smallest absolute Gasteiger partial charge is 0.343 e. The van der Waals surface area contributed by atoms with Crippen molar-refractivity contribution in [1.29, 1.82) is 0 Å². The summed E-state index contributed by atoms with van der Waals surface area (Å²) in [7, 11) is 0. The summed E-state index contributed by atoms with van der Waals surface area (Å²) in [5.41, 5.74) is 5.68. The van der Waals surface area contributed by atoms with Crippen LogP contribution in [0.1, 0.15) is 17.3 Å². The molecule has 0 aromatic carbocycles. The van der Waals surface area contributed by atoms with Gasteiger partial charge in [-0.2, -0.15) is 5.10 Å². The highest BCUT2D eigenvalue weighted by Gasteiger charge is 2.17. The first kappa shape index (κ1) is 14.7. The summed E-state index contributed by atoms with van der Waals surface area (Å²) in [4.78, 5) is 39.3. The maximum Gasteiger partial charge on any atom is 0.343 e. The molecule has 0 aliphatic carbocycles. The highest BCUT2D eigenvalue weighted by molar-refractivity contribution is 5.96. The van der Waals surface area contributed by atoms with Crippen molar-refractivity contribution >= 4 is 28.4 Å². The number of amides is 1. The molecule has 23 heavy (non-hydrogen) atoms. The van der Waals surface area contributed by atoms with Gasteiger partial charge in [0.2, 0.25) is 5.91 Å². The molecule has 0 unspecified atom stereocenters. The van der Waals surface area contributed by atoms with Crippen LogP contribution in [0.2, 0.25) is 0 Å². The first-order valence-electron chi connectivity index (χ1n) is 6.84. The Balaban J connectivity index is 2.21. The van der Waals surface area contributed by atoms with Gasteiger partial charge < -0.3 is 15.0 Å². The van der Waals surface area contributed by atoms with Crippen LogP contribution < -0.4 is 11.3 Å². The molecular formula is C14H13N5O4. The molecule has 3 heterocycles. The second kappa shape index (κ2) is 5.52. The third-order valence-electron chi connectivity index (χ3n) is 3.29. The van der Waals surface area contributed by atoms with Gasteiger partial charge in [-0.05, 0) is 13.0 Å². The van der Waals surface area contributed by atoms with Gasteiger partial charge in [0, 0.05) is 12.4 Å². The number of carbonyl (C=O) groups excluding carboxylic acids is 2. The van der Waals surface area contributed by atoms with E-state index in [1.807, 2.05) is 0 Å². The lowest BCUT2D eigenvalue weighted by Crippen LogP contribution is -2.27. The molecule has 0 radical (unpaired) electrons. The molecule has 0 saturated carbocycles. The number of hydrogen-bond donors (Lipinski definition) is 1. The first-order chi connectivity index (χ1) is 11.0. The van der Waals surface area contributed by atoms with E-state index in [1.165, 1.54) is 27.7 Å². The Morgan fingerprint density at radius 1 is 1.35 bits per heavy atom. The number of hydrogen-bond acceptors (Lipinski definition) is 6. The largest absolute Gasteiger partial charge is 0.462 e. The van der Waals surface area contributed by atoms with Crippen LogP contribution >= 0.6 is 0 Å². The minimum absolute atomic E-state index is 0.218. The lowest BCUT2D eigenvalue weighted by molar-refractivity contribution is -0.118. The molecule has 0 atom stereocenters. The van der Waals surface area contributed by atoms with Gasteiger partial charge in [-0.1, -0.05) is 0 Å². The minimum Gasteiger partial charge on any atom is -0.462 e. The highest BCUT2D eigenvalue weighted by Crippen LogP contribution is 2.15. The number of rotatable bonds is 4. The van der Waals surface area contributed by atoms with E-state index in [0.717, 1.165) is 0 Å². The lowest BCUT2D eigenvalue weighted by atomic mass is 10.3. The van der Waals surface area contributed by atoms with Gasteiger partial charge >= 0.3 is 5.97 Å². The van der Waals surface area contributed by atoms with E-state index in [1.54, 1.807) is 13.0 Å². The maximum absolute atomic E-state index is 12.3. The maximum atomic E-state index is 12.3.